The number of likely N-dealkylation sites (tertiary alicyclic amines) is 1. The lowest BCUT2D eigenvalue weighted by atomic mass is 10.0. The minimum atomic E-state index is -0.194. The molecule has 0 N–H and O–H groups in total. The molecular formula is C32H29ClN4O2S. The first kappa shape index (κ1) is 26.4. The molecule has 8 heteroatoms. The fraction of sp³-hybridized carbons (Fsp3) is 0.219. The van der Waals surface area contributed by atoms with E-state index in [0.717, 1.165) is 58.5 Å². The van der Waals surface area contributed by atoms with E-state index in [9.17, 15) is 4.79 Å². The summed E-state index contributed by atoms with van der Waals surface area (Å²) in [5.74, 6) is 1.15. The topological polar surface area (TPSA) is 59.7 Å². The Morgan fingerprint density at radius 2 is 1.82 bits per heavy atom. The number of para-hydroxylation sites is 1. The number of benzene rings is 3. The highest BCUT2D eigenvalue weighted by molar-refractivity contribution is 8.18. The first-order valence-electron chi connectivity index (χ1n) is 13.4. The Bertz CT molecular complexity index is 1580. The van der Waals surface area contributed by atoms with Crippen molar-refractivity contribution in [1.82, 2.24) is 14.7 Å². The van der Waals surface area contributed by atoms with Gasteiger partial charge in [-0.3, -0.25) is 4.79 Å². The molecule has 3 heterocycles. The van der Waals surface area contributed by atoms with Crippen LogP contribution >= 0.6 is 23.4 Å². The molecule has 202 valence electrons. The van der Waals surface area contributed by atoms with Crippen LogP contribution in [0.3, 0.4) is 0 Å². The first-order valence-corrected chi connectivity index (χ1v) is 14.6. The minimum Gasteiger partial charge on any atom is -0.489 e. The molecule has 1 saturated heterocycles. The zero-order valence-corrected chi connectivity index (χ0v) is 23.7. The highest BCUT2D eigenvalue weighted by Crippen LogP contribution is 2.35. The highest BCUT2D eigenvalue weighted by Gasteiger charge is 2.29. The zero-order valence-electron chi connectivity index (χ0n) is 22.2. The Morgan fingerprint density at radius 3 is 2.60 bits per heavy atom. The third-order valence-corrected chi connectivity index (χ3v) is 8.48. The molecule has 1 amide bonds. The van der Waals surface area contributed by atoms with E-state index >= 15 is 0 Å². The molecule has 6 rings (SSSR count). The second-order valence-electron chi connectivity index (χ2n) is 10.1. The van der Waals surface area contributed by atoms with E-state index in [0.29, 0.717) is 22.5 Å². The largest absolute Gasteiger partial charge is 0.489 e. The quantitative estimate of drug-likeness (QED) is 0.226. The number of halogens is 1. The molecule has 4 aromatic rings. The van der Waals surface area contributed by atoms with E-state index in [1.165, 1.54) is 18.2 Å². The van der Waals surface area contributed by atoms with Crippen LogP contribution in [0.1, 0.15) is 30.9 Å². The van der Waals surface area contributed by atoms with E-state index in [1.807, 2.05) is 95.8 Å². The van der Waals surface area contributed by atoms with Gasteiger partial charge >= 0.3 is 0 Å². The normalized spacial score (nSPS) is 18.3. The second-order valence-corrected chi connectivity index (χ2v) is 11.5. The fourth-order valence-corrected chi connectivity index (χ4v) is 6.08. The van der Waals surface area contributed by atoms with E-state index in [2.05, 4.69) is 16.8 Å². The summed E-state index contributed by atoms with van der Waals surface area (Å²) in [6.07, 6.45) is 6.23. The number of amides is 1. The number of amidine groups is 1. The number of carbonyl (C=O) groups excluding carboxylic acids is 1. The van der Waals surface area contributed by atoms with Crippen molar-refractivity contribution in [1.29, 1.82) is 0 Å². The van der Waals surface area contributed by atoms with Crippen molar-refractivity contribution in [3.63, 3.8) is 0 Å². The average molecular weight is 569 g/mol. The van der Waals surface area contributed by atoms with Gasteiger partial charge in [0, 0.05) is 41.0 Å². The Kier molecular flexibility index (Phi) is 7.75. The summed E-state index contributed by atoms with van der Waals surface area (Å²) >= 11 is 7.73. The SMILES string of the molecule is CC1CCCN(C2=NC(=O)/C(=C/c3cn(-c4ccccc4)nc3-c3ccc(OCc4ccccc4Cl)cc3)S2)C1. The van der Waals surface area contributed by atoms with Gasteiger partial charge in [0.25, 0.3) is 5.91 Å². The number of thioether (sulfide) groups is 1. The molecule has 40 heavy (non-hydrogen) atoms. The van der Waals surface area contributed by atoms with Crippen molar-refractivity contribution in [3.05, 3.63) is 106 Å². The fourth-order valence-electron chi connectivity index (χ4n) is 4.95. The molecule has 0 aliphatic carbocycles. The summed E-state index contributed by atoms with van der Waals surface area (Å²) in [6.45, 7) is 4.52. The van der Waals surface area contributed by atoms with E-state index in [4.69, 9.17) is 21.4 Å². The summed E-state index contributed by atoms with van der Waals surface area (Å²) in [6, 6.07) is 25.5. The van der Waals surface area contributed by atoms with Crippen LogP contribution in [-0.4, -0.2) is 38.8 Å². The van der Waals surface area contributed by atoms with Gasteiger partial charge in [0.05, 0.1) is 16.3 Å². The van der Waals surface area contributed by atoms with E-state index in [1.54, 1.807) is 0 Å². The van der Waals surface area contributed by atoms with Crippen LogP contribution in [0.15, 0.2) is 95.0 Å². The summed E-state index contributed by atoms with van der Waals surface area (Å²) in [5, 5.41) is 6.41. The molecule has 0 radical (unpaired) electrons. The molecule has 1 atom stereocenters. The zero-order chi connectivity index (χ0) is 27.5. The molecule has 0 spiro atoms. The van der Waals surface area contributed by atoms with Gasteiger partial charge in [-0.05, 0) is 79.1 Å². The number of hydrogen-bond donors (Lipinski definition) is 0. The number of hydrogen-bond acceptors (Lipinski definition) is 5. The van der Waals surface area contributed by atoms with Gasteiger partial charge in [0.1, 0.15) is 12.4 Å². The summed E-state index contributed by atoms with van der Waals surface area (Å²) in [4.78, 5) is 20.2. The standard InChI is InChI=1S/C32H29ClN4O2S/c1-22-8-7-17-36(19-22)32-34-31(38)29(40-32)18-25-20-37(26-10-3-2-4-11-26)35-30(25)23-13-15-27(16-14-23)39-21-24-9-5-6-12-28(24)33/h2-6,9-16,18,20,22H,7-8,17,19,21H2,1H3/b29-18-. The number of nitrogens with zero attached hydrogens (tertiary/aromatic N) is 4. The van der Waals surface area contributed by atoms with Crippen LogP contribution in [0.25, 0.3) is 23.0 Å². The Labute approximate surface area is 243 Å². The molecule has 6 nitrogen and oxygen atoms in total. The van der Waals surface area contributed by atoms with Crippen molar-refractivity contribution in [2.75, 3.05) is 13.1 Å². The van der Waals surface area contributed by atoms with Gasteiger partial charge < -0.3 is 9.64 Å². The number of rotatable bonds is 6. The second kappa shape index (κ2) is 11.7. The minimum absolute atomic E-state index is 0.194. The molecule has 0 saturated carbocycles. The van der Waals surface area contributed by atoms with Crippen molar-refractivity contribution in [2.45, 2.75) is 26.4 Å². The summed E-state index contributed by atoms with van der Waals surface area (Å²) in [7, 11) is 0. The maximum absolute atomic E-state index is 12.9. The van der Waals surface area contributed by atoms with Crippen LogP contribution in [0.5, 0.6) is 5.75 Å². The van der Waals surface area contributed by atoms with Crippen LogP contribution in [0.2, 0.25) is 5.02 Å². The number of piperidine rings is 1. The monoisotopic (exact) mass is 568 g/mol. The van der Waals surface area contributed by atoms with Crippen LogP contribution in [-0.2, 0) is 11.4 Å². The maximum Gasteiger partial charge on any atom is 0.286 e. The molecule has 0 bridgehead atoms. The van der Waals surface area contributed by atoms with Crippen molar-refractivity contribution >= 4 is 40.5 Å². The number of ether oxygens (including phenoxy) is 1. The molecule has 2 aliphatic rings. The third kappa shape index (κ3) is 5.86. The van der Waals surface area contributed by atoms with Crippen LogP contribution < -0.4 is 4.74 Å². The number of aliphatic imine (C=N–C) groups is 1. The van der Waals surface area contributed by atoms with Crippen molar-refractivity contribution < 1.29 is 9.53 Å². The Hall–Kier alpha value is -3.81. The number of aromatic nitrogens is 2. The maximum atomic E-state index is 12.9. The Balaban J connectivity index is 1.27. The molecule has 1 aromatic heterocycles. The van der Waals surface area contributed by atoms with Crippen molar-refractivity contribution in [3.8, 4) is 22.7 Å². The van der Waals surface area contributed by atoms with Gasteiger partial charge in [-0.1, -0.05) is 54.9 Å². The average Bonchev–Trinajstić information content (AvgIpc) is 3.57. The summed E-state index contributed by atoms with van der Waals surface area (Å²) in [5.41, 5.74) is 4.43. The first-order chi connectivity index (χ1) is 19.5. The predicted octanol–water partition coefficient (Wildman–Crippen LogP) is 7.47. The smallest absolute Gasteiger partial charge is 0.286 e. The number of carbonyl (C=O) groups is 1. The lowest BCUT2D eigenvalue weighted by molar-refractivity contribution is -0.113. The summed E-state index contributed by atoms with van der Waals surface area (Å²) < 4.78 is 7.83. The lowest BCUT2D eigenvalue weighted by Crippen LogP contribution is -2.37. The third-order valence-electron chi connectivity index (χ3n) is 7.07. The van der Waals surface area contributed by atoms with Gasteiger partial charge in [-0.15, -0.1) is 0 Å². The van der Waals surface area contributed by atoms with Gasteiger partial charge in [0.2, 0.25) is 0 Å². The van der Waals surface area contributed by atoms with Crippen LogP contribution in [0.4, 0.5) is 0 Å². The van der Waals surface area contributed by atoms with Crippen LogP contribution in [0, 0.1) is 5.92 Å². The molecular weight excluding hydrogens is 540 g/mol. The van der Waals surface area contributed by atoms with Gasteiger partial charge in [0.15, 0.2) is 5.17 Å². The van der Waals surface area contributed by atoms with Crippen molar-refractivity contribution in [2.24, 2.45) is 10.9 Å². The van der Waals surface area contributed by atoms with E-state index < -0.39 is 0 Å². The molecule has 1 fully saturated rings. The van der Waals surface area contributed by atoms with E-state index in [-0.39, 0.29) is 5.91 Å². The molecule has 1 unspecified atom stereocenters. The van der Waals surface area contributed by atoms with Gasteiger partial charge in [-0.25, -0.2) is 4.68 Å². The Morgan fingerprint density at radius 1 is 1.05 bits per heavy atom. The van der Waals surface area contributed by atoms with Gasteiger partial charge in [-0.2, -0.15) is 10.1 Å². The molecule has 3 aromatic carbocycles. The molecule has 2 aliphatic heterocycles. The lowest BCUT2D eigenvalue weighted by Gasteiger charge is -2.31. The predicted molar refractivity (Wildman–Crippen MR) is 163 cm³/mol. The highest BCUT2D eigenvalue weighted by atomic mass is 35.5.